The van der Waals surface area contributed by atoms with E-state index in [0.717, 1.165) is 0 Å². The van der Waals surface area contributed by atoms with Crippen molar-refractivity contribution in [2.75, 3.05) is 11.9 Å². The van der Waals surface area contributed by atoms with Gasteiger partial charge in [0.25, 0.3) is 0 Å². The molecule has 2 rings (SSSR count). The van der Waals surface area contributed by atoms with Crippen molar-refractivity contribution in [2.24, 2.45) is 0 Å². The Kier molecular flexibility index (Phi) is 4.32. The summed E-state index contributed by atoms with van der Waals surface area (Å²) in [6.45, 7) is 9.04. The second-order valence-electron chi connectivity index (χ2n) is 5.57. The summed E-state index contributed by atoms with van der Waals surface area (Å²) in [6, 6.07) is 4.10. The van der Waals surface area contributed by atoms with Crippen molar-refractivity contribution < 1.29 is 4.92 Å². The summed E-state index contributed by atoms with van der Waals surface area (Å²) in [5, 5.41) is 20.7. The maximum absolute atomic E-state index is 11.2. The van der Waals surface area contributed by atoms with Crippen LogP contribution in [0.2, 0.25) is 0 Å². The minimum atomic E-state index is -0.366. The van der Waals surface area contributed by atoms with Crippen molar-refractivity contribution in [3.05, 3.63) is 38.2 Å². The van der Waals surface area contributed by atoms with Gasteiger partial charge >= 0.3 is 5.69 Å². The predicted octanol–water partition coefficient (Wildman–Crippen LogP) is 3.57. The molecule has 2 aromatic rings. The van der Waals surface area contributed by atoms with E-state index in [0.29, 0.717) is 24.6 Å². The molecule has 114 valence electrons. The van der Waals surface area contributed by atoms with Gasteiger partial charge in [-0.2, -0.15) is 5.10 Å². The highest BCUT2D eigenvalue weighted by atomic mass is 32.1. The molecule has 0 amide bonds. The molecule has 0 aliphatic heterocycles. The number of aromatic nitrogens is 2. The number of nitrogens with one attached hydrogen (secondary N) is 1. The van der Waals surface area contributed by atoms with Gasteiger partial charge in [0.05, 0.1) is 4.92 Å². The number of nitro groups is 1. The molecule has 1 N–H and O–H groups in total. The number of hydrogen-bond donors (Lipinski definition) is 1. The standard InChI is InChI=1S/C14H20N4O2S/c1-5-17-13(12(18(19)20)10(2)16-17)15-9-14(3,4)11-7-6-8-21-11/h6-8,15H,5,9H2,1-4H3. The number of thiophene rings is 1. The van der Waals surface area contributed by atoms with E-state index >= 15 is 0 Å². The Balaban J connectivity index is 2.26. The molecule has 0 unspecified atom stereocenters. The second-order valence-corrected chi connectivity index (χ2v) is 6.52. The minimum absolute atomic E-state index is 0.0684. The van der Waals surface area contributed by atoms with Gasteiger partial charge in [-0.1, -0.05) is 19.9 Å². The summed E-state index contributed by atoms with van der Waals surface area (Å²) < 4.78 is 1.65. The monoisotopic (exact) mass is 308 g/mol. The molecule has 7 heteroatoms. The van der Waals surface area contributed by atoms with Crippen LogP contribution in [0.1, 0.15) is 31.3 Å². The van der Waals surface area contributed by atoms with Crippen molar-refractivity contribution in [2.45, 2.75) is 39.7 Å². The average molecular weight is 308 g/mol. The Morgan fingerprint density at radius 1 is 1.52 bits per heavy atom. The normalized spacial score (nSPS) is 11.6. The Labute approximate surface area is 127 Å². The quantitative estimate of drug-likeness (QED) is 0.654. The molecule has 0 saturated carbocycles. The number of anilines is 1. The highest BCUT2D eigenvalue weighted by Crippen LogP contribution is 2.31. The average Bonchev–Trinajstić information content (AvgIpc) is 3.03. The van der Waals surface area contributed by atoms with Crippen molar-refractivity contribution in [1.29, 1.82) is 0 Å². The predicted molar refractivity (Wildman–Crippen MR) is 85.1 cm³/mol. The number of aryl methyl sites for hydroxylation is 2. The molecule has 2 heterocycles. The molecule has 0 aliphatic carbocycles. The zero-order valence-corrected chi connectivity index (χ0v) is 13.5. The lowest BCUT2D eigenvalue weighted by molar-refractivity contribution is -0.384. The van der Waals surface area contributed by atoms with Gasteiger partial charge in [0.15, 0.2) is 0 Å². The van der Waals surface area contributed by atoms with Gasteiger partial charge in [-0.15, -0.1) is 11.3 Å². The van der Waals surface area contributed by atoms with E-state index in [1.807, 2.05) is 18.4 Å². The molecule has 0 radical (unpaired) electrons. The highest BCUT2D eigenvalue weighted by Gasteiger charge is 2.28. The fourth-order valence-electron chi connectivity index (χ4n) is 2.25. The third-order valence-corrected chi connectivity index (χ3v) is 4.70. The van der Waals surface area contributed by atoms with E-state index in [9.17, 15) is 10.1 Å². The Hall–Kier alpha value is -1.89. The second kappa shape index (κ2) is 5.85. The van der Waals surface area contributed by atoms with Crippen LogP contribution in [0.25, 0.3) is 0 Å². The topological polar surface area (TPSA) is 73.0 Å². The molecule has 0 aliphatic rings. The zero-order chi connectivity index (χ0) is 15.6. The summed E-state index contributed by atoms with van der Waals surface area (Å²) in [5.41, 5.74) is 0.413. The number of nitrogens with zero attached hydrogens (tertiary/aromatic N) is 3. The van der Waals surface area contributed by atoms with E-state index in [2.05, 4.69) is 30.3 Å². The van der Waals surface area contributed by atoms with Gasteiger partial charge in [0.2, 0.25) is 5.82 Å². The van der Waals surface area contributed by atoms with Crippen LogP contribution < -0.4 is 5.32 Å². The molecule has 0 aromatic carbocycles. The number of hydrogen-bond acceptors (Lipinski definition) is 5. The summed E-state index contributed by atoms with van der Waals surface area (Å²) >= 11 is 1.69. The molecule has 0 atom stereocenters. The smallest absolute Gasteiger partial charge is 0.333 e. The molecule has 2 aromatic heterocycles. The molecule has 6 nitrogen and oxygen atoms in total. The van der Waals surface area contributed by atoms with Crippen LogP contribution >= 0.6 is 11.3 Å². The van der Waals surface area contributed by atoms with Crippen molar-refractivity contribution in [3.63, 3.8) is 0 Å². The highest BCUT2D eigenvalue weighted by molar-refractivity contribution is 7.10. The van der Waals surface area contributed by atoms with E-state index in [-0.39, 0.29) is 16.0 Å². The van der Waals surface area contributed by atoms with Crippen LogP contribution in [0.4, 0.5) is 11.5 Å². The Morgan fingerprint density at radius 2 is 2.24 bits per heavy atom. The van der Waals surface area contributed by atoms with Crippen molar-refractivity contribution in [1.82, 2.24) is 9.78 Å². The Morgan fingerprint density at radius 3 is 2.76 bits per heavy atom. The lowest BCUT2D eigenvalue weighted by atomic mass is 9.91. The SMILES string of the molecule is CCn1nc(C)c([N+](=O)[O-])c1NCC(C)(C)c1cccs1. The minimum Gasteiger partial charge on any atom is -0.364 e. The number of rotatable bonds is 6. The van der Waals surface area contributed by atoms with E-state index < -0.39 is 0 Å². The van der Waals surface area contributed by atoms with Gasteiger partial charge < -0.3 is 5.32 Å². The van der Waals surface area contributed by atoms with Gasteiger partial charge in [-0.3, -0.25) is 10.1 Å². The summed E-state index contributed by atoms with van der Waals surface area (Å²) in [6.07, 6.45) is 0. The van der Waals surface area contributed by atoms with Gasteiger partial charge in [0, 0.05) is 23.4 Å². The van der Waals surface area contributed by atoms with Crippen LogP contribution in [0.5, 0.6) is 0 Å². The molecular weight excluding hydrogens is 288 g/mol. The van der Waals surface area contributed by atoms with Crippen LogP contribution in [0, 0.1) is 17.0 Å². The van der Waals surface area contributed by atoms with Crippen molar-refractivity contribution >= 4 is 22.8 Å². The third kappa shape index (κ3) is 3.07. The van der Waals surface area contributed by atoms with Gasteiger partial charge in [-0.25, -0.2) is 4.68 Å². The van der Waals surface area contributed by atoms with Crippen LogP contribution in [-0.2, 0) is 12.0 Å². The fourth-order valence-corrected chi connectivity index (χ4v) is 3.10. The zero-order valence-electron chi connectivity index (χ0n) is 12.7. The molecule has 0 saturated heterocycles. The summed E-state index contributed by atoms with van der Waals surface area (Å²) in [4.78, 5) is 12.1. The first kappa shape index (κ1) is 15.5. The van der Waals surface area contributed by atoms with Gasteiger partial charge in [0.1, 0.15) is 5.69 Å². The lowest BCUT2D eigenvalue weighted by Gasteiger charge is -2.24. The lowest BCUT2D eigenvalue weighted by Crippen LogP contribution is -2.27. The van der Waals surface area contributed by atoms with Gasteiger partial charge in [-0.05, 0) is 25.3 Å². The van der Waals surface area contributed by atoms with E-state index in [1.54, 1.807) is 22.9 Å². The molecule has 21 heavy (non-hydrogen) atoms. The first-order valence-corrected chi connectivity index (χ1v) is 7.74. The van der Waals surface area contributed by atoms with E-state index in [1.165, 1.54) is 4.88 Å². The van der Waals surface area contributed by atoms with Crippen molar-refractivity contribution in [3.8, 4) is 0 Å². The molecule has 0 bridgehead atoms. The third-order valence-electron chi connectivity index (χ3n) is 3.46. The maximum atomic E-state index is 11.2. The maximum Gasteiger partial charge on any atom is 0.333 e. The first-order chi connectivity index (χ1) is 9.86. The van der Waals surface area contributed by atoms with Crippen LogP contribution in [0.3, 0.4) is 0 Å². The molecular formula is C14H20N4O2S. The summed E-state index contributed by atoms with van der Waals surface area (Å²) in [7, 11) is 0. The fraction of sp³-hybridized carbons (Fsp3) is 0.500. The summed E-state index contributed by atoms with van der Waals surface area (Å²) in [5.74, 6) is 0.490. The Bertz CT molecular complexity index is 632. The largest absolute Gasteiger partial charge is 0.364 e. The van der Waals surface area contributed by atoms with Crippen LogP contribution in [-0.4, -0.2) is 21.2 Å². The first-order valence-electron chi connectivity index (χ1n) is 6.86. The van der Waals surface area contributed by atoms with Crippen LogP contribution in [0.15, 0.2) is 17.5 Å². The molecule has 0 fully saturated rings. The van der Waals surface area contributed by atoms with E-state index in [4.69, 9.17) is 0 Å². The molecule has 0 spiro atoms.